The number of hydrogen-bond acceptors (Lipinski definition) is 7. The van der Waals surface area contributed by atoms with Crippen LogP contribution in [0.3, 0.4) is 0 Å². The molecule has 0 heterocycles. The normalized spacial score (nSPS) is 15.1. The molecule has 0 bridgehead atoms. The predicted molar refractivity (Wildman–Crippen MR) is 101 cm³/mol. The first-order valence-corrected chi connectivity index (χ1v) is 9.11. The first kappa shape index (κ1) is 26.8. The van der Waals surface area contributed by atoms with Crippen LogP contribution in [0.5, 0.6) is 0 Å². The summed E-state index contributed by atoms with van der Waals surface area (Å²) in [4.78, 5) is 46.0. The van der Waals surface area contributed by atoms with E-state index in [9.17, 15) is 24.3 Å². The minimum atomic E-state index is -1.85. The molecule has 168 valence electrons. The number of quaternary nitrogens is 2. The van der Waals surface area contributed by atoms with Gasteiger partial charge in [-0.2, -0.15) is 0 Å². The first-order valence-electron chi connectivity index (χ1n) is 9.11. The van der Waals surface area contributed by atoms with Gasteiger partial charge in [0.05, 0.1) is 61.5 Å². The third-order valence-corrected chi connectivity index (χ3v) is 3.52. The number of likely N-dealkylation sites (N-methyl/N-ethyl adjacent to an activating group) is 2. The van der Waals surface area contributed by atoms with Gasteiger partial charge in [0.15, 0.2) is 18.3 Å². The van der Waals surface area contributed by atoms with Crippen molar-refractivity contribution >= 4 is 23.9 Å². The third-order valence-electron chi connectivity index (χ3n) is 3.52. The fourth-order valence-corrected chi connectivity index (χ4v) is 2.62. The minimum Gasteiger partial charge on any atom is -0.481 e. The van der Waals surface area contributed by atoms with Gasteiger partial charge >= 0.3 is 23.9 Å². The third kappa shape index (κ3) is 14.4. The molecule has 29 heavy (non-hydrogen) atoms. The minimum absolute atomic E-state index is 0.194. The summed E-state index contributed by atoms with van der Waals surface area (Å²) in [5, 5.41) is 27.9. The molecule has 3 atom stereocenters. The zero-order valence-electron chi connectivity index (χ0n) is 18.0. The van der Waals surface area contributed by atoms with E-state index in [0.29, 0.717) is 8.97 Å². The summed E-state index contributed by atoms with van der Waals surface area (Å²) in [6.45, 7) is 0.419. The Labute approximate surface area is 170 Å². The number of esters is 2. The van der Waals surface area contributed by atoms with Gasteiger partial charge in [0.2, 0.25) is 0 Å². The highest BCUT2D eigenvalue weighted by Gasteiger charge is 2.31. The Balaban J connectivity index is 4.89. The van der Waals surface area contributed by atoms with E-state index >= 15 is 0 Å². The fraction of sp³-hybridized carbons (Fsp3) is 0.778. The van der Waals surface area contributed by atoms with Gasteiger partial charge in [-0.05, 0) is 0 Å². The quantitative estimate of drug-likeness (QED) is 0.249. The predicted octanol–water partition coefficient (Wildman–Crippen LogP) is -1.08. The highest BCUT2D eigenvalue weighted by atomic mass is 16.6. The lowest BCUT2D eigenvalue weighted by Gasteiger charge is -2.29. The molecule has 1 unspecified atom stereocenters. The number of aliphatic carboxylic acids is 2. The van der Waals surface area contributed by atoms with E-state index in [-0.39, 0.29) is 13.1 Å². The summed E-state index contributed by atoms with van der Waals surface area (Å²) in [6, 6.07) is 0. The van der Waals surface area contributed by atoms with Crippen molar-refractivity contribution in [3.63, 3.8) is 0 Å². The van der Waals surface area contributed by atoms with E-state index in [1.54, 1.807) is 42.3 Å². The molecule has 0 aliphatic heterocycles. The summed E-state index contributed by atoms with van der Waals surface area (Å²) in [6.07, 6.45) is -5.34. The van der Waals surface area contributed by atoms with Crippen LogP contribution in [0.4, 0.5) is 0 Å². The fourth-order valence-electron chi connectivity index (χ4n) is 2.62. The van der Waals surface area contributed by atoms with Gasteiger partial charge < -0.3 is 33.8 Å². The maximum Gasteiger partial charge on any atom is 0.336 e. The molecule has 0 fully saturated rings. The Bertz CT molecular complexity index is 593. The number of aliphatic hydroxyl groups is 1. The van der Waals surface area contributed by atoms with Gasteiger partial charge in [-0.25, -0.2) is 4.79 Å². The standard InChI is InChI=1S/C18H32N2O9/c1-19(2,3)10-12(7-15(22)23)28-17(26)9-14(21)18(27)29-13(8-16(24)25)11-20(4,5)6/h12-14,21H,7-11H2,1-6H3/p+2/t12-,13-,14?/m1/s1. The monoisotopic (exact) mass is 422 g/mol. The van der Waals surface area contributed by atoms with Gasteiger partial charge in [0, 0.05) is 0 Å². The van der Waals surface area contributed by atoms with Gasteiger partial charge in [-0.1, -0.05) is 0 Å². The molecule has 11 nitrogen and oxygen atoms in total. The second-order valence-electron chi connectivity index (χ2n) is 9.03. The maximum atomic E-state index is 12.1. The number of rotatable bonds is 13. The Morgan fingerprint density at radius 3 is 1.45 bits per heavy atom. The van der Waals surface area contributed by atoms with Crippen LogP contribution in [0, 0.1) is 0 Å². The number of carboxylic acids is 2. The summed E-state index contributed by atoms with van der Waals surface area (Å²) < 4.78 is 10.8. The van der Waals surface area contributed by atoms with Gasteiger partial charge in [-0.3, -0.25) is 14.4 Å². The van der Waals surface area contributed by atoms with E-state index in [1.807, 2.05) is 0 Å². The van der Waals surface area contributed by atoms with E-state index in [4.69, 9.17) is 19.7 Å². The van der Waals surface area contributed by atoms with Crippen molar-refractivity contribution in [1.29, 1.82) is 0 Å². The molecule has 0 spiro atoms. The molecule has 0 saturated carbocycles. The molecular weight excluding hydrogens is 388 g/mol. The topological polar surface area (TPSA) is 147 Å². The number of hydrogen-bond donors (Lipinski definition) is 3. The number of carbonyl (C=O) groups excluding carboxylic acids is 2. The Morgan fingerprint density at radius 1 is 0.724 bits per heavy atom. The van der Waals surface area contributed by atoms with Crippen molar-refractivity contribution in [3.8, 4) is 0 Å². The van der Waals surface area contributed by atoms with E-state index in [0.717, 1.165) is 0 Å². The van der Waals surface area contributed by atoms with Crippen LogP contribution in [0.15, 0.2) is 0 Å². The lowest BCUT2D eigenvalue weighted by Crippen LogP contribution is -2.45. The summed E-state index contributed by atoms with van der Waals surface area (Å²) in [5.74, 6) is -4.39. The lowest BCUT2D eigenvalue weighted by atomic mass is 10.2. The van der Waals surface area contributed by atoms with E-state index in [1.165, 1.54) is 0 Å². The number of carbonyl (C=O) groups is 4. The number of nitrogens with zero attached hydrogens (tertiary/aromatic N) is 2. The van der Waals surface area contributed by atoms with E-state index in [2.05, 4.69) is 0 Å². The van der Waals surface area contributed by atoms with Crippen molar-refractivity contribution < 1.29 is 52.9 Å². The largest absolute Gasteiger partial charge is 0.481 e. The number of ether oxygens (including phenoxy) is 2. The molecule has 0 aromatic rings. The average Bonchev–Trinajstić information content (AvgIpc) is 2.41. The second-order valence-corrected chi connectivity index (χ2v) is 9.03. The van der Waals surface area contributed by atoms with Gasteiger partial charge in [0.25, 0.3) is 0 Å². The van der Waals surface area contributed by atoms with Crippen molar-refractivity contribution in [2.24, 2.45) is 0 Å². The Morgan fingerprint density at radius 2 is 1.10 bits per heavy atom. The average molecular weight is 422 g/mol. The summed E-state index contributed by atoms with van der Waals surface area (Å²) >= 11 is 0. The van der Waals surface area contributed by atoms with Crippen LogP contribution in [0.2, 0.25) is 0 Å². The molecule has 3 N–H and O–H groups in total. The molecule has 0 rings (SSSR count). The van der Waals surface area contributed by atoms with Crippen LogP contribution in [0.1, 0.15) is 19.3 Å². The molecule has 0 aliphatic rings. The smallest absolute Gasteiger partial charge is 0.336 e. The SMILES string of the molecule is C[N+](C)(C)C[C@@H](CC(=O)O)OC(=O)CC(O)C(=O)O[C@H](CC(=O)O)C[N+](C)(C)C. The highest BCUT2D eigenvalue weighted by molar-refractivity contribution is 5.82. The number of carboxylic acid groups (broad SMARTS) is 2. The second kappa shape index (κ2) is 11.1. The highest BCUT2D eigenvalue weighted by Crippen LogP contribution is 2.11. The van der Waals surface area contributed by atoms with Crippen LogP contribution >= 0.6 is 0 Å². The van der Waals surface area contributed by atoms with Crippen molar-refractivity contribution in [2.45, 2.75) is 37.6 Å². The summed E-state index contributed by atoms with van der Waals surface area (Å²) in [5.41, 5.74) is 0. The van der Waals surface area contributed by atoms with Crippen LogP contribution in [0.25, 0.3) is 0 Å². The van der Waals surface area contributed by atoms with Crippen molar-refractivity contribution in [3.05, 3.63) is 0 Å². The van der Waals surface area contributed by atoms with Crippen LogP contribution in [-0.4, -0.2) is 122 Å². The van der Waals surface area contributed by atoms with E-state index < -0.39 is 61.5 Å². The van der Waals surface area contributed by atoms with Crippen molar-refractivity contribution in [2.75, 3.05) is 55.4 Å². The lowest BCUT2D eigenvalue weighted by molar-refractivity contribution is -0.873. The zero-order chi connectivity index (χ0) is 23.0. The van der Waals surface area contributed by atoms with Gasteiger partial charge in [0.1, 0.15) is 13.1 Å². The van der Waals surface area contributed by atoms with Crippen molar-refractivity contribution in [1.82, 2.24) is 0 Å². The molecule has 0 amide bonds. The number of aliphatic hydroxyl groups excluding tert-OH is 1. The van der Waals surface area contributed by atoms with Crippen LogP contribution < -0.4 is 0 Å². The molecule has 0 aromatic carbocycles. The molecule has 0 saturated heterocycles. The molecule has 0 aliphatic carbocycles. The molecule has 0 radical (unpaired) electrons. The molecule has 11 heteroatoms. The van der Waals surface area contributed by atoms with Crippen LogP contribution in [-0.2, 0) is 28.7 Å². The maximum absolute atomic E-state index is 12.1. The first-order chi connectivity index (χ1) is 13.0. The zero-order valence-corrected chi connectivity index (χ0v) is 18.0. The summed E-state index contributed by atoms with van der Waals surface area (Å²) in [7, 11) is 10.7. The Hall–Kier alpha value is -2.24. The molecular formula is C18H34N2O9+2. The molecule has 0 aromatic heterocycles. The Kier molecular flexibility index (Phi) is 10.2. The van der Waals surface area contributed by atoms with Gasteiger partial charge in [-0.15, -0.1) is 0 Å².